The van der Waals surface area contributed by atoms with E-state index in [2.05, 4.69) is 10.4 Å². The monoisotopic (exact) mass is 271 g/mol. The summed E-state index contributed by atoms with van der Waals surface area (Å²) in [7, 11) is 0. The second kappa shape index (κ2) is 5.49. The number of hydrogen-bond donors (Lipinski definition) is 1. The van der Waals surface area contributed by atoms with Gasteiger partial charge in [0.2, 0.25) is 0 Å². The molecule has 1 N–H and O–H groups in total. The number of benzene rings is 1. The Morgan fingerprint density at radius 2 is 1.95 bits per heavy atom. The minimum atomic E-state index is -0.221. The lowest BCUT2D eigenvalue weighted by molar-refractivity contribution is 0.0905. The standard InChI is InChI=1S/C16H21N3O/c1-5-16(3,4)17-15(20)14-11-12(2)19(18-14)13-9-7-6-8-10-13/h6-11H,5H2,1-4H3,(H,17,20). The highest BCUT2D eigenvalue weighted by Gasteiger charge is 2.21. The quantitative estimate of drug-likeness (QED) is 0.928. The fourth-order valence-electron chi connectivity index (χ4n) is 1.88. The predicted octanol–water partition coefficient (Wildman–Crippen LogP) is 3.10. The molecule has 0 aliphatic heterocycles. The number of carbonyl (C=O) groups excluding carboxylic acids is 1. The van der Waals surface area contributed by atoms with Crippen molar-refractivity contribution in [1.29, 1.82) is 0 Å². The summed E-state index contributed by atoms with van der Waals surface area (Å²) in [5.41, 5.74) is 2.13. The van der Waals surface area contributed by atoms with Gasteiger partial charge in [-0.2, -0.15) is 5.10 Å². The molecule has 0 fully saturated rings. The lowest BCUT2D eigenvalue weighted by Crippen LogP contribution is -2.42. The number of aromatic nitrogens is 2. The third kappa shape index (κ3) is 3.07. The first-order valence-corrected chi connectivity index (χ1v) is 6.87. The van der Waals surface area contributed by atoms with Crippen molar-refractivity contribution in [2.45, 2.75) is 39.7 Å². The summed E-state index contributed by atoms with van der Waals surface area (Å²) in [5, 5.41) is 7.40. The van der Waals surface area contributed by atoms with Crippen LogP contribution >= 0.6 is 0 Å². The molecule has 2 aromatic rings. The summed E-state index contributed by atoms with van der Waals surface area (Å²) in [6.45, 7) is 8.01. The highest BCUT2D eigenvalue weighted by Crippen LogP contribution is 2.13. The normalized spacial score (nSPS) is 11.4. The first kappa shape index (κ1) is 14.3. The highest BCUT2D eigenvalue weighted by molar-refractivity contribution is 5.92. The van der Waals surface area contributed by atoms with Crippen molar-refractivity contribution in [3.63, 3.8) is 0 Å². The molecule has 0 bridgehead atoms. The maximum Gasteiger partial charge on any atom is 0.272 e. The molecule has 4 nitrogen and oxygen atoms in total. The van der Waals surface area contributed by atoms with Crippen LogP contribution in [0.1, 0.15) is 43.4 Å². The number of hydrogen-bond acceptors (Lipinski definition) is 2. The molecule has 106 valence electrons. The van der Waals surface area contributed by atoms with Gasteiger partial charge in [-0.15, -0.1) is 0 Å². The van der Waals surface area contributed by atoms with E-state index in [1.54, 1.807) is 4.68 Å². The number of carbonyl (C=O) groups is 1. The Morgan fingerprint density at radius 1 is 1.30 bits per heavy atom. The van der Waals surface area contributed by atoms with Crippen molar-refractivity contribution in [2.75, 3.05) is 0 Å². The van der Waals surface area contributed by atoms with E-state index < -0.39 is 0 Å². The molecule has 0 aliphatic rings. The zero-order valence-corrected chi connectivity index (χ0v) is 12.5. The van der Waals surface area contributed by atoms with Gasteiger partial charge in [-0.25, -0.2) is 4.68 Å². The van der Waals surface area contributed by atoms with Gasteiger partial charge < -0.3 is 5.32 Å². The van der Waals surface area contributed by atoms with Crippen molar-refractivity contribution < 1.29 is 4.79 Å². The number of aryl methyl sites for hydroxylation is 1. The van der Waals surface area contributed by atoms with Crippen molar-refractivity contribution in [3.8, 4) is 5.69 Å². The first-order valence-electron chi connectivity index (χ1n) is 6.87. The van der Waals surface area contributed by atoms with Gasteiger partial charge in [0.1, 0.15) is 0 Å². The lowest BCUT2D eigenvalue weighted by atomic mass is 10.0. The Labute approximate surface area is 119 Å². The molecule has 1 aromatic carbocycles. The lowest BCUT2D eigenvalue weighted by Gasteiger charge is -2.23. The van der Waals surface area contributed by atoms with Crippen molar-refractivity contribution in [3.05, 3.63) is 47.8 Å². The third-order valence-electron chi connectivity index (χ3n) is 3.46. The molecule has 0 spiro atoms. The minimum Gasteiger partial charge on any atom is -0.346 e. The number of nitrogens with zero attached hydrogens (tertiary/aromatic N) is 2. The van der Waals surface area contributed by atoms with E-state index in [4.69, 9.17) is 0 Å². The van der Waals surface area contributed by atoms with Crippen LogP contribution in [0.2, 0.25) is 0 Å². The molecule has 4 heteroatoms. The molecule has 0 radical (unpaired) electrons. The second-order valence-electron chi connectivity index (χ2n) is 5.61. The fraction of sp³-hybridized carbons (Fsp3) is 0.375. The van der Waals surface area contributed by atoms with Crippen molar-refractivity contribution in [2.24, 2.45) is 0 Å². The van der Waals surface area contributed by atoms with Crippen molar-refractivity contribution in [1.82, 2.24) is 15.1 Å². The fourth-order valence-corrected chi connectivity index (χ4v) is 1.88. The molecule has 1 heterocycles. The van der Waals surface area contributed by atoms with E-state index >= 15 is 0 Å². The predicted molar refractivity (Wildman–Crippen MR) is 80.1 cm³/mol. The number of nitrogens with one attached hydrogen (secondary N) is 1. The van der Waals surface area contributed by atoms with Crippen LogP contribution in [0.4, 0.5) is 0 Å². The average molecular weight is 271 g/mol. The van der Waals surface area contributed by atoms with Gasteiger partial charge in [0.05, 0.1) is 5.69 Å². The molecular formula is C16H21N3O. The molecule has 1 amide bonds. The Morgan fingerprint density at radius 3 is 2.55 bits per heavy atom. The molecule has 0 unspecified atom stereocenters. The smallest absolute Gasteiger partial charge is 0.272 e. The Balaban J connectivity index is 2.26. The summed E-state index contributed by atoms with van der Waals surface area (Å²) in [6, 6.07) is 11.6. The Bertz CT molecular complexity index is 599. The number of amides is 1. The molecule has 0 saturated carbocycles. The van der Waals surface area contributed by atoms with E-state index in [1.165, 1.54) is 0 Å². The van der Waals surface area contributed by atoms with Gasteiger partial charge in [0.15, 0.2) is 5.69 Å². The summed E-state index contributed by atoms with van der Waals surface area (Å²) in [4.78, 5) is 12.2. The molecular weight excluding hydrogens is 250 g/mol. The van der Waals surface area contributed by atoms with Crippen LogP contribution in [0.25, 0.3) is 5.69 Å². The van der Waals surface area contributed by atoms with Crippen LogP contribution in [0, 0.1) is 6.92 Å². The molecule has 2 rings (SSSR count). The third-order valence-corrected chi connectivity index (χ3v) is 3.46. The van der Waals surface area contributed by atoms with Crippen LogP contribution in [0.5, 0.6) is 0 Å². The molecule has 0 atom stereocenters. The van der Waals surface area contributed by atoms with Gasteiger partial charge >= 0.3 is 0 Å². The molecule has 20 heavy (non-hydrogen) atoms. The van der Waals surface area contributed by atoms with Gasteiger partial charge in [-0.05, 0) is 45.4 Å². The van der Waals surface area contributed by atoms with Crippen LogP contribution in [-0.4, -0.2) is 21.2 Å². The Kier molecular flexibility index (Phi) is 3.93. The summed E-state index contributed by atoms with van der Waals surface area (Å²) in [6.07, 6.45) is 0.872. The van der Waals surface area contributed by atoms with E-state index in [0.717, 1.165) is 17.8 Å². The van der Waals surface area contributed by atoms with Gasteiger partial charge in [0.25, 0.3) is 5.91 Å². The zero-order valence-electron chi connectivity index (χ0n) is 12.5. The van der Waals surface area contributed by atoms with Gasteiger partial charge in [-0.3, -0.25) is 4.79 Å². The van der Waals surface area contributed by atoms with Crippen LogP contribution < -0.4 is 5.32 Å². The molecule has 0 aliphatic carbocycles. The zero-order chi connectivity index (χ0) is 14.8. The van der Waals surface area contributed by atoms with E-state index in [9.17, 15) is 4.79 Å². The second-order valence-corrected chi connectivity index (χ2v) is 5.61. The first-order chi connectivity index (χ1) is 9.43. The topological polar surface area (TPSA) is 46.9 Å². The van der Waals surface area contributed by atoms with Crippen molar-refractivity contribution >= 4 is 5.91 Å². The summed E-state index contributed by atoms with van der Waals surface area (Å²) >= 11 is 0. The van der Waals surface area contributed by atoms with Gasteiger partial charge in [0, 0.05) is 11.2 Å². The largest absolute Gasteiger partial charge is 0.346 e. The highest BCUT2D eigenvalue weighted by atomic mass is 16.2. The van der Waals surface area contributed by atoms with Gasteiger partial charge in [-0.1, -0.05) is 25.1 Å². The number of para-hydroxylation sites is 1. The Hall–Kier alpha value is -2.10. The maximum atomic E-state index is 12.2. The SMILES string of the molecule is CCC(C)(C)NC(=O)c1cc(C)n(-c2ccccc2)n1. The molecule has 1 aromatic heterocycles. The van der Waals surface area contributed by atoms with E-state index in [0.29, 0.717) is 5.69 Å². The van der Waals surface area contributed by atoms with E-state index in [1.807, 2.05) is 64.1 Å². The van der Waals surface area contributed by atoms with Crippen LogP contribution in [0.15, 0.2) is 36.4 Å². The van der Waals surface area contributed by atoms with Crippen LogP contribution in [-0.2, 0) is 0 Å². The summed E-state index contributed by atoms with van der Waals surface area (Å²) < 4.78 is 1.79. The summed E-state index contributed by atoms with van der Waals surface area (Å²) in [5.74, 6) is -0.130. The average Bonchev–Trinajstić information content (AvgIpc) is 2.81. The van der Waals surface area contributed by atoms with Crippen LogP contribution in [0.3, 0.4) is 0 Å². The minimum absolute atomic E-state index is 0.130. The molecule has 0 saturated heterocycles. The maximum absolute atomic E-state index is 12.2. The van der Waals surface area contributed by atoms with E-state index in [-0.39, 0.29) is 11.4 Å². The number of rotatable bonds is 4.